The van der Waals surface area contributed by atoms with E-state index < -0.39 is 10.0 Å². The van der Waals surface area contributed by atoms with E-state index in [1.807, 2.05) is 13.8 Å². The van der Waals surface area contributed by atoms with Gasteiger partial charge >= 0.3 is 0 Å². The third kappa shape index (κ3) is 5.79. The van der Waals surface area contributed by atoms with Gasteiger partial charge in [0.2, 0.25) is 21.8 Å². The molecule has 0 bridgehead atoms. The minimum atomic E-state index is -3.55. The Balaban J connectivity index is 2.09. The monoisotopic (exact) mass is 423 g/mol. The van der Waals surface area contributed by atoms with Gasteiger partial charge in [0.05, 0.1) is 10.8 Å². The minimum Gasteiger partial charge on any atom is -0.356 e. The highest BCUT2D eigenvalue weighted by Crippen LogP contribution is 2.27. The van der Waals surface area contributed by atoms with Crippen LogP contribution in [0.1, 0.15) is 52.9 Å². The van der Waals surface area contributed by atoms with Gasteiger partial charge in [-0.1, -0.05) is 27.2 Å². The Labute approximate surface area is 174 Å². The normalized spacial score (nSPS) is 17.2. The average Bonchev–Trinajstić information content (AvgIpc) is 3.10. The van der Waals surface area contributed by atoms with Gasteiger partial charge in [-0.15, -0.1) is 0 Å². The van der Waals surface area contributed by atoms with E-state index in [9.17, 15) is 18.0 Å². The molecule has 0 unspecified atom stereocenters. The summed E-state index contributed by atoms with van der Waals surface area (Å²) >= 11 is 0. The van der Waals surface area contributed by atoms with Crippen molar-refractivity contribution in [2.24, 2.45) is 5.92 Å². The van der Waals surface area contributed by atoms with Gasteiger partial charge in [0.1, 0.15) is 0 Å². The molecule has 2 amide bonds. The lowest BCUT2D eigenvalue weighted by molar-refractivity contribution is -0.126. The summed E-state index contributed by atoms with van der Waals surface area (Å²) in [7, 11) is -3.55. The van der Waals surface area contributed by atoms with Crippen LogP contribution >= 0.6 is 0 Å². The standard InChI is InChI=1S/C21H33N3O4S/c1-4-7-12-22-21(26)17-15-20(25)24(16-17)18-8-10-19(11-9-18)29(27,28)23(13-5-2)14-6-3/h8-11,17H,4-7,12-16H2,1-3H3,(H,22,26)/t17-/m1/s1. The molecule has 29 heavy (non-hydrogen) atoms. The summed E-state index contributed by atoms with van der Waals surface area (Å²) in [5.41, 5.74) is 0.621. The third-order valence-corrected chi connectivity index (χ3v) is 6.97. The molecular weight excluding hydrogens is 390 g/mol. The van der Waals surface area contributed by atoms with Crippen LogP contribution in [0, 0.1) is 5.92 Å². The maximum absolute atomic E-state index is 12.9. The molecule has 162 valence electrons. The average molecular weight is 424 g/mol. The van der Waals surface area contributed by atoms with Crippen LogP contribution in [0.3, 0.4) is 0 Å². The van der Waals surface area contributed by atoms with Crippen molar-refractivity contribution >= 4 is 27.5 Å². The third-order valence-electron chi connectivity index (χ3n) is 5.06. The first-order chi connectivity index (χ1) is 13.8. The zero-order valence-electron chi connectivity index (χ0n) is 17.7. The van der Waals surface area contributed by atoms with Crippen LogP contribution < -0.4 is 10.2 Å². The van der Waals surface area contributed by atoms with E-state index in [1.165, 1.54) is 4.31 Å². The molecule has 2 rings (SSSR count). The fourth-order valence-corrected chi connectivity index (χ4v) is 5.09. The number of nitrogens with one attached hydrogen (secondary N) is 1. The number of sulfonamides is 1. The number of hydrogen-bond donors (Lipinski definition) is 1. The molecule has 0 aliphatic carbocycles. The van der Waals surface area contributed by atoms with Gasteiger partial charge < -0.3 is 10.2 Å². The molecule has 0 radical (unpaired) electrons. The molecule has 1 atom stereocenters. The lowest BCUT2D eigenvalue weighted by atomic mass is 10.1. The molecule has 8 heteroatoms. The number of unbranched alkanes of at least 4 members (excludes halogenated alkanes) is 1. The van der Waals surface area contributed by atoms with Crippen molar-refractivity contribution < 1.29 is 18.0 Å². The summed E-state index contributed by atoms with van der Waals surface area (Å²) in [4.78, 5) is 26.4. The molecule has 1 aromatic rings. The predicted octanol–water partition coefficient (Wildman–Crippen LogP) is 2.77. The van der Waals surface area contributed by atoms with Gasteiger partial charge in [0, 0.05) is 38.3 Å². The van der Waals surface area contributed by atoms with Crippen LogP contribution in [0.25, 0.3) is 0 Å². The molecule has 1 aliphatic rings. The number of nitrogens with zero attached hydrogens (tertiary/aromatic N) is 2. The summed E-state index contributed by atoms with van der Waals surface area (Å²) < 4.78 is 27.2. The number of hydrogen-bond acceptors (Lipinski definition) is 4. The Hall–Kier alpha value is -1.93. The molecule has 1 aliphatic heterocycles. The smallest absolute Gasteiger partial charge is 0.243 e. The number of rotatable bonds is 11. The van der Waals surface area contributed by atoms with Crippen molar-refractivity contribution in [1.29, 1.82) is 0 Å². The Morgan fingerprint density at radius 2 is 1.72 bits per heavy atom. The molecule has 0 saturated carbocycles. The summed E-state index contributed by atoms with van der Waals surface area (Å²) in [5.74, 6) is -0.578. The SMILES string of the molecule is CCCCNC(=O)[C@@H]1CC(=O)N(c2ccc(S(=O)(=O)N(CCC)CCC)cc2)C1. The van der Waals surface area contributed by atoms with E-state index in [4.69, 9.17) is 0 Å². The first kappa shape index (κ1) is 23.3. The summed E-state index contributed by atoms with van der Waals surface area (Å²) in [5, 5.41) is 2.88. The highest BCUT2D eigenvalue weighted by Gasteiger charge is 2.35. The van der Waals surface area contributed by atoms with Crippen LogP contribution in [0.5, 0.6) is 0 Å². The molecule has 0 aromatic heterocycles. The van der Waals surface area contributed by atoms with Crippen LogP contribution in [0.15, 0.2) is 29.2 Å². The maximum atomic E-state index is 12.9. The molecule has 1 fully saturated rings. The van der Waals surface area contributed by atoms with Crippen LogP contribution in [0.4, 0.5) is 5.69 Å². The summed E-state index contributed by atoms with van der Waals surface area (Å²) in [6.07, 6.45) is 3.60. The van der Waals surface area contributed by atoms with Gasteiger partial charge in [-0.25, -0.2) is 8.42 Å². The Kier molecular flexibility index (Phi) is 8.64. The van der Waals surface area contributed by atoms with E-state index in [0.29, 0.717) is 31.9 Å². The van der Waals surface area contributed by atoms with Gasteiger partial charge in [0.15, 0.2) is 0 Å². The highest BCUT2D eigenvalue weighted by molar-refractivity contribution is 7.89. The van der Waals surface area contributed by atoms with Crippen molar-refractivity contribution in [2.45, 2.75) is 57.8 Å². The first-order valence-corrected chi connectivity index (χ1v) is 12.0. The molecule has 1 heterocycles. The molecule has 0 spiro atoms. The largest absolute Gasteiger partial charge is 0.356 e. The number of anilines is 1. The summed E-state index contributed by atoms with van der Waals surface area (Å²) in [6.45, 7) is 7.87. The van der Waals surface area contributed by atoms with Gasteiger partial charge in [0.25, 0.3) is 0 Å². The number of carbonyl (C=O) groups is 2. The van der Waals surface area contributed by atoms with Gasteiger partial charge in [-0.05, 0) is 43.5 Å². The number of benzene rings is 1. The molecule has 1 aromatic carbocycles. The Bertz CT molecular complexity index is 787. The van der Waals surface area contributed by atoms with Crippen molar-refractivity contribution in [3.05, 3.63) is 24.3 Å². The van der Waals surface area contributed by atoms with E-state index in [2.05, 4.69) is 12.2 Å². The summed E-state index contributed by atoms with van der Waals surface area (Å²) in [6, 6.07) is 6.40. The van der Waals surface area contributed by atoms with Crippen molar-refractivity contribution in [3.63, 3.8) is 0 Å². The maximum Gasteiger partial charge on any atom is 0.243 e. The lowest BCUT2D eigenvalue weighted by Gasteiger charge is -2.22. The topological polar surface area (TPSA) is 86.8 Å². The van der Waals surface area contributed by atoms with Gasteiger partial charge in [-0.3, -0.25) is 9.59 Å². The lowest BCUT2D eigenvalue weighted by Crippen LogP contribution is -2.33. The zero-order chi connectivity index (χ0) is 21.4. The van der Waals surface area contributed by atoms with Crippen LogP contribution in [-0.4, -0.2) is 50.7 Å². The second kappa shape index (κ2) is 10.7. The van der Waals surface area contributed by atoms with E-state index >= 15 is 0 Å². The second-order valence-electron chi connectivity index (χ2n) is 7.45. The van der Waals surface area contributed by atoms with E-state index in [0.717, 1.165) is 25.7 Å². The molecule has 1 saturated heterocycles. The second-order valence-corrected chi connectivity index (χ2v) is 9.39. The highest BCUT2D eigenvalue weighted by atomic mass is 32.2. The zero-order valence-corrected chi connectivity index (χ0v) is 18.5. The fraction of sp³-hybridized carbons (Fsp3) is 0.619. The molecule has 1 N–H and O–H groups in total. The Morgan fingerprint density at radius 3 is 2.28 bits per heavy atom. The van der Waals surface area contributed by atoms with Crippen LogP contribution in [0.2, 0.25) is 0 Å². The predicted molar refractivity (Wildman–Crippen MR) is 114 cm³/mol. The number of carbonyl (C=O) groups excluding carboxylic acids is 2. The molecular formula is C21H33N3O4S. The number of amides is 2. The van der Waals surface area contributed by atoms with E-state index in [-0.39, 0.29) is 29.0 Å². The van der Waals surface area contributed by atoms with Crippen molar-refractivity contribution in [3.8, 4) is 0 Å². The quantitative estimate of drug-likeness (QED) is 0.555. The molecule has 7 nitrogen and oxygen atoms in total. The van der Waals surface area contributed by atoms with Crippen molar-refractivity contribution in [2.75, 3.05) is 31.1 Å². The Morgan fingerprint density at radius 1 is 1.10 bits per heavy atom. The van der Waals surface area contributed by atoms with Crippen molar-refractivity contribution in [1.82, 2.24) is 9.62 Å². The first-order valence-electron chi connectivity index (χ1n) is 10.5. The fourth-order valence-electron chi connectivity index (χ4n) is 3.46. The van der Waals surface area contributed by atoms with Crippen LogP contribution in [-0.2, 0) is 19.6 Å². The minimum absolute atomic E-state index is 0.0942. The van der Waals surface area contributed by atoms with E-state index in [1.54, 1.807) is 29.2 Å². The van der Waals surface area contributed by atoms with Gasteiger partial charge in [-0.2, -0.15) is 4.31 Å².